The highest BCUT2D eigenvalue weighted by molar-refractivity contribution is 7.66. The van der Waals surface area contributed by atoms with Gasteiger partial charge in [-0.1, -0.05) is 0 Å². The molecule has 0 saturated carbocycles. The maximum absolute atomic E-state index is 12.2. The van der Waals surface area contributed by atoms with E-state index in [1.165, 1.54) is 4.57 Å². The third-order valence-electron chi connectivity index (χ3n) is 4.18. The topological polar surface area (TPSA) is 302 Å². The van der Waals surface area contributed by atoms with Gasteiger partial charge in [-0.05, 0) is 0 Å². The highest BCUT2D eigenvalue weighted by atomic mass is 31.3. The lowest BCUT2D eigenvalue weighted by molar-refractivity contribution is -0.113. The number of phosphoric ester groups is 1. The molecule has 1 saturated heterocycles. The van der Waals surface area contributed by atoms with Crippen molar-refractivity contribution < 1.29 is 66.2 Å². The first-order chi connectivity index (χ1) is 16.1. The molecule has 23 heteroatoms. The number of aliphatic hydroxyl groups excluding tert-OH is 2. The summed E-state index contributed by atoms with van der Waals surface area (Å²) >= 11 is 0. The van der Waals surface area contributed by atoms with E-state index in [1.54, 1.807) is 0 Å². The molecule has 3 heterocycles. The van der Waals surface area contributed by atoms with E-state index in [0.29, 0.717) is 0 Å². The predicted molar refractivity (Wildman–Crippen MR) is 108 cm³/mol. The molecule has 20 nitrogen and oxygen atoms in total. The predicted octanol–water partition coefficient (Wildman–Crippen LogP) is -1.96. The number of hydrogen-bond acceptors (Lipinski definition) is 14. The van der Waals surface area contributed by atoms with E-state index in [0.717, 1.165) is 6.33 Å². The van der Waals surface area contributed by atoms with Crippen molar-refractivity contribution in [3.05, 3.63) is 16.7 Å². The Labute approximate surface area is 192 Å². The van der Waals surface area contributed by atoms with Gasteiger partial charge >= 0.3 is 23.5 Å². The number of aldehydes is 1. The summed E-state index contributed by atoms with van der Waals surface area (Å²) in [5.41, 5.74) is -0.983. The van der Waals surface area contributed by atoms with Crippen LogP contribution in [0.4, 0.5) is 5.95 Å². The molecule has 1 aliphatic heterocycles. The monoisotopic (exact) mass is 565 g/mol. The van der Waals surface area contributed by atoms with Crippen LogP contribution in [0.5, 0.6) is 0 Å². The second kappa shape index (κ2) is 10.2. The third kappa shape index (κ3) is 7.31. The van der Waals surface area contributed by atoms with Crippen molar-refractivity contribution >= 4 is 46.9 Å². The van der Waals surface area contributed by atoms with E-state index in [4.69, 9.17) is 19.4 Å². The Kier molecular flexibility index (Phi) is 8.10. The van der Waals surface area contributed by atoms with Gasteiger partial charge in [-0.15, -0.1) is 0 Å². The standard InChI is InChI=1S/C12H18N5O15P3/c18-2-7(20)14-12-15-10-9(11(21)16-12)13-4-17(10)8-1-5(19)6(30-8)3-29-34(25,26)32-35(27,28)31-33(22,23)24/h2,4-8,19-20H,1,3H2,(H,25,26)(H,27,28)(H2,22,23,24)(H2,14,15,16,21)/t5-,6+,7?,8+/m0/s1. The van der Waals surface area contributed by atoms with E-state index in [1.807, 2.05) is 0 Å². The number of carbonyl (C=O) groups excluding carboxylic acids is 1. The lowest BCUT2D eigenvalue weighted by Gasteiger charge is -2.19. The highest BCUT2D eigenvalue weighted by Crippen LogP contribution is 2.66. The summed E-state index contributed by atoms with van der Waals surface area (Å²) in [6, 6.07) is 0. The summed E-state index contributed by atoms with van der Waals surface area (Å²) in [5.74, 6) is -0.286. The molecule has 0 aromatic carbocycles. The number of anilines is 1. The molecule has 2 aromatic heterocycles. The summed E-state index contributed by atoms with van der Waals surface area (Å²) in [6.45, 7) is -0.902. The number of hydrogen-bond donors (Lipinski definition) is 8. The molecule has 196 valence electrons. The van der Waals surface area contributed by atoms with Crippen molar-refractivity contribution in [2.75, 3.05) is 11.9 Å². The SMILES string of the molecule is O=CC(O)Nc1nc2c(ncn2[C@H]2C[C@H](O)[C@@H](COP(=O)(O)OP(=O)(O)OP(=O)(O)O)O2)c(=O)[nH]1. The van der Waals surface area contributed by atoms with Crippen molar-refractivity contribution in [2.24, 2.45) is 0 Å². The van der Waals surface area contributed by atoms with Crippen LogP contribution >= 0.6 is 23.5 Å². The zero-order valence-electron chi connectivity index (χ0n) is 16.9. The number of fused-ring (bicyclic) bond motifs is 1. The zero-order chi connectivity index (χ0) is 26.2. The van der Waals surface area contributed by atoms with Gasteiger partial charge in [0.15, 0.2) is 23.7 Å². The molecule has 0 aliphatic carbocycles. The molecule has 6 atom stereocenters. The minimum atomic E-state index is -5.72. The molecule has 0 spiro atoms. The maximum Gasteiger partial charge on any atom is 0.490 e. The molecule has 3 rings (SSSR count). The fourth-order valence-corrected chi connectivity index (χ4v) is 5.92. The number of aliphatic hydroxyl groups is 2. The van der Waals surface area contributed by atoms with Gasteiger partial charge in [0.1, 0.15) is 12.3 Å². The summed E-state index contributed by atoms with van der Waals surface area (Å²) in [4.78, 5) is 68.6. The maximum atomic E-state index is 12.2. The number of rotatable bonds is 11. The third-order valence-corrected chi connectivity index (χ3v) is 7.98. The van der Waals surface area contributed by atoms with Gasteiger partial charge in [-0.2, -0.15) is 13.6 Å². The Morgan fingerprint density at radius 2 is 1.94 bits per heavy atom. The van der Waals surface area contributed by atoms with Crippen LogP contribution in [0.3, 0.4) is 0 Å². The van der Waals surface area contributed by atoms with Gasteiger partial charge in [-0.25, -0.2) is 18.7 Å². The largest absolute Gasteiger partial charge is 0.490 e. The van der Waals surface area contributed by atoms with Gasteiger partial charge < -0.3 is 39.8 Å². The van der Waals surface area contributed by atoms with Crippen LogP contribution in [0.15, 0.2) is 11.1 Å². The van der Waals surface area contributed by atoms with Gasteiger partial charge in [0.25, 0.3) is 5.56 Å². The minimum Gasteiger partial charge on any atom is -0.390 e. The van der Waals surface area contributed by atoms with E-state index >= 15 is 0 Å². The zero-order valence-corrected chi connectivity index (χ0v) is 19.6. The Hall–Kier alpha value is -1.89. The van der Waals surface area contributed by atoms with Gasteiger partial charge in [-0.3, -0.25) is 23.7 Å². The first-order valence-corrected chi connectivity index (χ1v) is 13.6. The van der Waals surface area contributed by atoms with Crippen molar-refractivity contribution in [3.63, 3.8) is 0 Å². The molecule has 1 aliphatic rings. The highest BCUT2D eigenvalue weighted by Gasteiger charge is 2.43. The molecule has 1 fully saturated rings. The van der Waals surface area contributed by atoms with Gasteiger partial charge in [0, 0.05) is 6.42 Å². The van der Waals surface area contributed by atoms with Crippen LogP contribution in [-0.4, -0.2) is 80.6 Å². The summed E-state index contributed by atoms with van der Waals surface area (Å²) in [7, 11) is -16.7. The average molecular weight is 565 g/mol. The normalized spacial score (nSPS) is 25.1. The van der Waals surface area contributed by atoms with Crippen molar-refractivity contribution in [1.29, 1.82) is 0 Å². The number of aromatic nitrogens is 4. The fraction of sp³-hybridized carbons (Fsp3) is 0.500. The Bertz CT molecular complexity index is 1290. The van der Waals surface area contributed by atoms with E-state index in [2.05, 4.69) is 33.4 Å². The van der Waals surface area contributed by atoms with Crippen LogP contribution in [0, 0.1) is 0 Å². The number of nitrogens with one attached hydrogen (secondary N) is 2. The Morgan fingerprint density at radius 1 is 1.26 bits per heavy atom. The number of ether oxygens (including phenoxy) is 1. The van der Waals surface area contributed by atoms with Crippen molar-refractivity contribution in [1.82, 2.24) is 19.5 Å². The van der Waals surface area contributed by atoms with Crippen LogP contribution in [-0.2, 0) is 36.4 Å². The second-order valence-electron chi connectivity index (χ2n) is 6.78. The first-order valence-electron chi connectivity index (χ1n) is 9.08. The molecular weight excluding hydrogens is 547 g/mol. The number of imidazole rings is 1. The molecule has 8 N–H and O–H groups in total. The molecule has 3 unspecified atom stereocenters. The van der Waals surface area contributed by atoms with E-state index in [9.17, 15) is 38.4 Å². The summed E-state index contributed by atoms with van der Waals surface area (Å²) in [5, 5.41) is 21.8. The van der Waals surface area contributed by atoms with E-state index < -0.39 is 60.3 Å². The smallest absolute Gasteiger partial charge is 0.390 e. The summed E-state index contributed by atoms with van der Waals surface area (Å²) < 4.78 is 52.2. The summed E-state index contributed by atoms with van der Waals surface area (Å²) in [6.07, 6.45) is -4.31. The molecule has 0 radical (unpaired) electrons. The van der Waals surface area contributed by atoms with Crippen molar-refractivity contribution in [3.8, 4) is 0 Å². The van der Waals surface area contributed by atoms with Crippen molar-refractivity contribution in [2.45, 2.75) is 31.1 Å². The van der Waals surface area contributed by atoms with Crippen LogP contribution in [0.25, 0.3) is 11.2 Å². The fourth-order valence-electron chi connectivity index (χ4n) is 2.89. The molecule has 0 amide bonds. The molecular formula is C12H18N5O15P3. The lowest BCUT2D eigenvalue weighted by Crippen LogP contribution is -2.26. The average Bonchev–Trinajstić information content (AvgIpc) is 3.27. The quantitative estimate of drug-likeness (QED) is 0.0833. The first kappa shape index (κ1) is 27.7. The molecule has 2 aromatic rings. The van der Waals surface area contributed by atoms with Crippen LogP contribution in [0.2, 0.25) is 0 Å². The van der Waals surface area contributed by atoms with Gasteiger partial charge in [0.2, 0.25) is 5.95 Å². The van der Waals surface area contributed by atoms with Gasteiger partial charge in [0.05, 0.1) is 19.0 Å². The number of H-pyrrole nitrogens is 1. The van der Waals surface area contributed by atoms with E-state index in [-0.39, 0.29) is 29.8 Å². The van der Waals surface area contributed by atoms with Crippen LogP contribution < -0.4 is 10.9 Å². The number of carbonyl (C=O) groups is 1. The Morgan fingerprint density at radius 3 is 2.57 bits per heavy atom. The number of nitrogens with zero attached hydrogens (tertiary/aromatic N) is 3. The molecule has 35 heavy (non-hydrogen) atoms. The Balaban J connectivity index is 1.71. The minimum absolute atomic E-state index is 0.0833. The lowest BCUT2D eigenvalue weighted by atomic mass is 10.2. The second-order valence-corrected chi connectivity index (χ2v) is 11.2. The number of aromatic amines is 1. The molecule has 0 bridgehead atoms. The van der Waals surface area contributed by atoms with Crippen LogP contribution in [0.1, 0.15) is 12.6 Å². The number of phosphoric acid groups is 3.